The lowest BCUT2D eigenvalue weighted by atomic mass is 10.1. The molecule has 1 aliphatic heterocycles. The van der Waals surface area contributed by atoms with Gasteiger partial charge in [-0.1, -0.05) is 29.5 Å². The summed E-state index contributed by atoms with van der Waals surface area (Å²) in [5.74, 6) is 0.307. The van der Waals surface area contributed by atoms with Crippen molar-refractivity contribution in [2.24, 2.45) is 0 Å². The zero-order chi connectivity index (χ0) is 23.7. The molecular weight excluding hydrogens is 453 g/mol. The number of rotatable bonds is 6. The number of para-hydroxylation sites is 1. The van der Waals surface area contributed by atoms with Gasteiger partial charge in [-0.15, -0.1) is 0 Å². The van der Waals surface area contributed by atoms with Crippen molar-refractivity contribution >= 4 is 32.7 Å². The number of anilines is 1. The number of carbonyl (C=O) groups is 1. The predicted octanol–water partition coefficient (Wildman–Crippen LogP) is 4.48. The monoisotopic (exact) mass is 479 g/mol. The van der Waals surface area contributed by atoms with Gasteiger partial charge < -0.3 is 15.0 Å². The molecule has 1 saturated heterocycles. The highest BCUT2D eigenvalue weighted by molar-refractivity contribution is 7.22. The van der Waals surface area contributed by atoms with E-state index in [1.165, 1.54) is 12.1 Å². The molecule has 176 valence electrons. The molecule has 0 saturated carbocycles. The summed E-state index contributed by atoms with van der Waals surface area (Å²) in [6.07, 6.45) is 1.12. The number of nitrogens with zero attached hydrogens (tertiary/aromatic N) is 4. The van der Waals surface area contributed by atoms with Crippen molar-refractivity contribution in [1.29, 1.82) is 0 Å². The third kappa shape index (κ3) is 4.61. The Morgan fingerprint density at radius 1 is 1.15 bits per heavy atom. The van der Waals surface area contributed by atoms with E-state index in [9.17, 15) is 9.18 Å². The number of nitrogens with one attached hydrogen (secondary N) is 1. The van der Waals surface area contributed by atoms with Crippen LogP contribution in [-0.4, -0.2) is 45.9 Å². The van der Waals surface area contributed by atoms with Crippen LogP contribution in [0.5, 0.6) is 5.75 Å². The first kappa shape index (κ1) is 22.3. The van der Waals surface area contributed by atoms with Crippen molar-refractivity contribution in [2.75, 3.05) is 18.0 Å². The van der Waals surface area contributed by atoms with Crippen molar-refractivity contribution in [3.05, 3.63) is 66.1 Å². The van der Waals surface area contributed by atoms with E-state index in [1.807, 2.05) is 37.3 Å². The maximum Gasteiger partial charge on any atom is 0.260 e. The van der Waals surface area contributed by atoms with E-state index in [2.05, 4.69) is 15.3 Å². The summed E-state index contributed by atoms with van der Waals surface area (Å²) in [6.45, 7) is 5.34. The number of amides is 1. The first-order valence-electron chi connectivity index (χ1n) is 11.4. The summed E-state index contributed by atoms with van der Waals surface area (Å²) < 4.78 is 21.9. The highest BCUT2D eigenvalue weighted by Gasteiger charge is 2.26. The van der Waals surface area contributed by atoms with E-state index < -0.39 is 6.10 Å². The van der Waals surface area contributed by atoms with Gasteiger partial charge in [0.2, 0.25) is 0 Å². The van der Waals surface area contributed by atoms with Crippen LogP contribution < -0.4 is 15.0 Å². The fraction of sp³-hybridized carbons (Fsp3) is 0.320. The topological polar surface area (TPSA) is 72.3 Å². The second-order valence-electron chi connectivity index (χ2n) is 8.47. The number of ether oxygens (including phenoxy) is 1. The Labute approximate surface area is 201 Å². The van der Waals surface area contributed by atoms with Crippen LogP contribution in [-0.2, 0) is 4.79 Å². The quantitative estimate of drug-likeness (QED) is 0.441. The number of thiazole rings is 1. The van der Waals surface area contributed by atoms with Crippen LogP contribution in [0.4, 0.5) is 9.52 Å². The largest absolute Gasteiger partial charge is 0.481 e. The fourth-order valence-corrected chi connectivity index (χ4v) is 5.15. The van der Waals surface area contributed by atoms with Crippen LogP contribution >= 0.6 is 11.3 Å². The number of benzene rings is 2. The van der Waals surface area contributed by atoms with Gasteiger partial charge in [0.05, 0.1) is 16.1 Å². The van der Waals surface area contributed by atoms with Gasteiger partial charge >= 0.3 is 0 Å². The van der Waals surface area contributed by atoms with Crippen LogP contribution in [0, 0.1) is 12.7 Å². The average molecular weight is 480 g/mol. The van der Waals surface area contributed by atoms with Gasteiger partial charge in [0.1, 0.15) is 11.6 Å². The third-order valence-corrected chi connectivity index (χ3v) is 7.20. The second kappa shape index (κ2) is 9.42. The smallest absolute Gasteiger partial charge is 0.260 e. The summed E-state index contributed by atoms with van der Waals surface area (Å²) in [5, 5.41) is 8.66. The minimum absolute atomic E-state index is 0.0997. The number of fused-ring (bicyclic) bond motifs is 1. The maximum atomic E-state index is 13.3. The average Bonchev–Trinajstić information content (AvgIpc) is 3.41. The number of aryl methyl sites for hydroxylation is 1. The second-order valence-corrected chi connectivity index (χ2v) is 9.44. The molecule has 2 aromatic heterocycles. The molecular formula is C25H26FN5O2S. The molecule has 2 aromatic carbocycles. The van der Waals surface area contributed by atoms with Crippen LogP contribution in [0.15, 0.2) is 54.6 Å². The third-order valence-electron chi connectivity index (χ3n) is 5.99. The normalized spacial score (nSPS) is 15.4. The Hall–Kier alpha value is -3.46. The lowest BCUT2D eigenvalue weighted by Gasteiger charge is -2.32. The van der Waals surface area contributed by atoms with Crippen molar-refractivity contribution in [3.8, 4) is 11.4 Å². The lowest BCUT2D eigenvalue weighted by molar-refractivity contribution is -0.128. The number of halogens is 1. The molecule has 1 aliphatic rings. The highest BCUT2D eigenvalue weighted by atomic mass is 32.1. The van der Waals surface area contributed by atoms with Gasteiger partial charge in [0, 0.05) is 19.1 Å². The van der Waals surface area contributed by atoms with Crippen LogP contribution in [0.1, 0.15) is 25.5 Å². The van der Waals surface area contributed by atoms with Gasteiger partial charge in [0.25, 0.3) is 5.91 Å². The molecule has 0 radical (unpaired) electrons. The minimum Gasteiger partial charge on any atom is -0.481 e. The number of carbonyl (C=O) groups excluding carboxylic acids is 1. The molecule has 5 rings (SSSR count). The summed E-state index contributed by atoms with van der Waals surface area (Å²) in [7, 11) is 0. The first-order valence-corrected chi connectivity index (χ1v) is 12.2. The van der Waals surface area contributed by atoms with E-state index in [0.29, 0.717) is 5.75 Å². The number of aromatic nitrogens is 3. The molecule has 1 fully saturated rings. The first-order chi connectivity index (χ1) is 16.5. The van der Waals surface area contributed by atoms with E-state index in [-0.39, 0.29) is 17.8 Å². The predicted molar refractivity (Wildman–Crippen MR) is 131 cm³/mol. The van der Waals surface area contributed by atoms with Crippen molar-refractivity contribution < 1.29 is 13.9 Å². The molecule has 0 bridgehead atoms. The van der Waals surface area contributed by atoms with Crippen molar-refractivity contribution in [1.82, 2.24) is 20.1 Å². The lowest BCUT2D eigenvalue weighted by Crippen LogP contribution is -2.48. The van der Waals surface area contributed by atoms with Crippen molar-refractivity contribution in [2.45, 2.75) is 38.8 Å². The van der Waals surface area contributed by atoms with E-state index in [0.717, 1.165) is 52.8 Å². The zero-order valence-electron chi connectivity index (χ0n) is 19.1. The van der Waals surface area contributed by atoms with Gasteiger partial charge in [-0.05, 0) is 63.1 Å². The fourth-order valence-electron chi connectivity index (χ4n) is 4.11. The Morgan fingerprint density at radius 2 is 1.85 bits per heavy atom. The van der Waals surface area contributed by atoms with Crippen molar-refractivity contribution in [3.63, 3.8) is 0 Å². The minimum atomic E-state index is -0.554. The van der Waals surface area contributed by atoms with Crippen LogP contribution in [0.25, 0.3) is 16.0 Å². The number of hydrogen-bond donors (Lipinski definition) is 1. The SMILES string of the molecule is Cc1nn(-c2ccc(F)cc2)c2nc(N3CCC(NC(=O)C(C)Oc4ccccc4)CC3)sc12. The molecule has 1 amide bonds. The Morgan fingerprint density at radius 3 is 2.56 bits per heavy atom. The van der Waals surface area contributed by atoms with Gasteiger partial charge in [-0.25, -0.2) is 9.07 Å². The molecule has 7 nitrogen and oxygen atoms in total. The van der Waals surface area contributed by atoms with Gasteiger partial charge in [-0.3, -0.25) is 4.79 Å². The van der Waals surface area contributed by atoms with E-state index in [1.54, 1.807) is 35.1 Å². The summed E-state index contributed by atoms with van der Waals surface area (Å²) in [6, 6.07) is 15.7. The van der Waals surface area contributed by atoms with Gasteiger partial charge in [-0.2, -0.15) is 10.1 Å². The van der Waals surface area contributed by atoms with E-state index in [4.69, 9.17) is 9.72 Å². The molecule has 1 atom stereocenters. The summed E-state index contributed by atoms with van der Waals surface area (Å²) >= 11 is 1.62. The summed E-state index contributed by atoms with van der Waals surface area (Å²) in [5.41, 5.74) is 2.47. The molecule has 9 heteroatoms. The Bertz CT molecular complexity index is 1280. The van der Waals surface area contributed by atoms with E-state index >= 15 is 0 Å². The maximum absolute atomic E-state index is 13.3. The molecule has 1 N–H and O–H groups in total. The summed E-state index contributed by atoms with van der Waals surface area (Å²) in [4.78, 5) is 19.7. The Kier molecular flexibility index (Phi) is 6.19. The molecule has 34 heavy (non-hydrogen) atoms. The zero-order valence-corrected chi connectivity index (χ0v) is 19.9. The number of piperidine rings is 1. The highest BCUT2D eigenvalue weighted by Crippen LogP contribution is 2.33. The molecule has 3 heterocycles. The van der Waals surface area contributed by atoms with Gasteiger partial charge in [0.15, 0.2) is 16.9 Å². The van der Waals surface area contributed by atoms with Crippen LogP contribution in [0.3, 0.4) is 0 Å². The molecule has 1 unspecified atom stereocenters. The molecule has 0 aliphatic carbocycles. The number of hydrogen-bond acceptors (Lipinski definition) is 6. The Balaban J connectivity index is 1.21. The molecule has 4 aromatic rings. The van der Waals surface area contributed by atoms with Crippen LogP contribution in [0.2, 0.25) is 0 Å². The molecule has 0 spiro atoms. The standard InChI is InChI=1S/C25H26FN5O2S/c1-16-22-23(31(29-16)20-10-8-18(26)9-11-20)28-25(34-22)30-14-12-19(13-15-30)27-24(32)17(2)33-21-6-4-3-5-7-21/h3-11,17,19H,12-15H2,1-2H3,(H,27,32).